The summed E-state index contributed by atoms with van der Waals surface area (Å²) >= 11 is 0. The molecule has 1 aromatic carbocycles. The first-order chi connectivity index (χ1) is 9.93. The van der Waals surface area contributed by atoms with E-state index < -0.39 is 8.03 Å². The van der Waals surface area contributed by atoms with Crippen molar-refractivity contribution < 1.29 is 23.8 Å². The molecule has 0 bridgehead atoms. The van der Waals surface area contributed by atoms with E-state index >= 15 is 0 Å². The van der Waals surface area contributed by atoms with Gasteiger partial charge in [-0.3, -0.25) is 9.59 Å². The Labute approximate surface area is 125 Å². The molecule has 1 unspecified atom stereocenters. The molecule has 0 saturated heterocycles. The highest BCUT2D eigenvalue weighted by molar-refractivity contribution is 7.47. The van der Waals surface area contributed by atoms with Gasteiger partial charge in [-0.15, -0.1) is 0 Å². The molecular weight excluding hydrogens is 291 g/mol. The summed E-state index contributed by atoms with van der Waals surface area (Å²) in [5.74, 6) is -0.380. The van der Waals surface area contributed by atoms with Crippen LogP contribution in [0, 0.1) is 0 Å². The Hall–Kier alpha value is -1.84. The van der Waals surface area contributed by atoms with Crippen LogP contribution in [0.3, 0.4) is 0 Å². The van der Waals surface area contributed by atoms with Crippen molar-refractivity contribution in [3.63, 3.8) is 0 Å². The van der Waals surface area contributed by atoms with Crippen molar-refractivity contribution in [3.8, 4) is 0 Å². The standard InChI is InChI=1S/C11H13O3P.C4H6O2/c1-2-3-7-10(12)9-6-4-5-8-11(9)15(13)14;1-3-6-4(2)5/h4-6,8H,2-3,7H2,1H3;3H,1H2,2H3/p+1. The summed E-state index contributed by atoms with van der Waals surface area (Å²) in [6.45, 7) is 6.48. The van der Waals surface area contributed by atoms with E-state index in [1.54, 1.807) is 18.2 Å². The lowest BCUT2D eigenvalue weighted by molar-refractivity contribution is -0.135. The summed E-state index contributed by atoms with van der Waals surface area (Å²) in [7, 11) is -2.43. The molecule has 0 fully saturated rings. The minimum Gasteiger partial charge on any atom is -0.435 e. The average molecular weight is 311 g/mol. The number of carbonyl (C=O) groups is 2. The number of esters is 1. The highest BCUT2D eigenvalue weighted by atomic mass is 31.1. The largest absolute Gasteiger partial charge is 0.546 e. The van der Waals surface area contributed by atoms with Crippen LogP contribution in [0.15, 0.2) is 37.1 Å². The van der Waals surface area contributed by atoms with Crippen molar-refractivity contribution >= 4 is 25.1 Å². The van der Waals surface area contributed by atoms with Gasteiger partial charge in [0.05, 0.1) is 11.8 Å². The maximum absolute atomic E-state index is 11.7. The van der Waals surface area contributed by atoms with Crippen LogP contribution in [-0.4, -0.2) is 16.6 Å². The number of ketones is 1. The Morgan fingerprint density at radius 2 is 2.00 bits per heavy atom. The van der Waals surface area contributed by atoms with Crippen LogP contribution in [-0.2, 0) is 14.1 Å². The van der Waals surface area contributed by atoms with Crippen LogP contribution in [0.1, 0.15) is 43.5 Å². The van der Waals surface area contributed by atoms with E-state index in [0.717, 1.165) is 19.1 Å². The molecule has 0 amide bonds. The molecule has 1 rings (SSSR count). The van der Waals surface area contributed by atoms with Gasteiger partial charge in [-0.05, 0) is 23.1 Å². The SMILES string of the molecule is C=COC(C)=O.CCCCC(=O)c1ccccc1[P+](=O)O. The third kappa shape index (κ3) is 8.12. The predicted molar refractivity (Wildman–Crippen MR) is 81.7 cm³/mol. The molecule has 0 aliphatic carbocycles. The summed E-state index contributed by atoms with van der Waals surface area (Å²) in [6, 6.07) is 6.51. The predicted octanol–water partition coefficient (Wildman–Crippen LogP) is 3.11. The van der Waals surface area contributed by atoms with Gasteiger partial charge >= 0.3 is 14.0 Å². The first kappa shape index (κ1) is 19.2. The number of benzene rings is 1. The van der Waals surface area contributed by atoms with E-state index in [2.05, 4.69) is 11.3 Å². The van der Waals surface area contributed by atoms with E-state index in [1.165, 1.54) is 13.0 Å². The summed E-state index contributed by atoms with van der Waals surface area (Å²) in [5, 5.41) is 0.244. The maximum Gasteiger partial charge on any atom is 0.546 e. The van der Waals surface area contributed by atoms with Gasteiger partial charge in [0.25, 0.3) is 0 Å². The first-order valence-corrected chi connectivity index (χ1v) is 7.71. The number of rotatable bonds is 6. The molecule has 0 aliphatic heterocycles. The third-order valence-electron chi connectivity index (χ3n) is 2.42. The van der Waals surface area contributed by atoms with Crippen molar-refractivity contribution in [1.82, 2.24) is 0 Å². The lowest BCUT2D eigenvalue weighted by atomic mass is 10.1. The molecule has 5 nitrogen and oxygen atoms in total. The Balaban J connectivity index is 0.000000567. The summed E-state index contributed by atoms with van der Waals surface area (Å²) in [6.07, 6.45) is 3.30. The highest BCUT2D eigenvalue weighted by Crippen LogP contribution is 2.17. The molecule has 6 heteroatoms. The first-order valence-electron chi connectivity index (χ1n) is 6.50. The number of hydrogen-bond acceptors (Lipinski definition) is 4. The Kier molecular flexibility index (Phi) is 9.94. The van der Waals surface area contributed by atoms with Crippen LogP contribution < -0.4 is 5.30 Å². The Bertz CT molecular complexity index is 511. The van der Waals surface area contributed by atoms with Gasteiger partial charge in [0.1, 0.15) is 0 Å². The summed E-state index contributed by atoms with van der Waals surface area (Å²) in [4.78, 5) is 30.5. The van der Waals surface area contributed by atoms with Crippen molar-refractivity contribution in [1.29, 1.82) is 0 Å². The lowest BCUT2D eigenvalue weighted by Gasteiger charge is -1.98. The minimum atomic E-state index is -2.43. The second kappa shape index (κ2) is 10.9. The zero-order valence-electron chi connectivity index (χ0n) is 12.2. The molecule has 114 valence electrons. The number of carbonyl (C=O) groups excluding carboxylic acids is 2. The fraction of sp³-hybridized carbons (Fsp3) is 0.333. The second-order valence-corrected chi connectivity index (χ2v) is 5.12. The molecule has 0 radical (unpaired) electrons. The van der Waals surface area contributed by atoms with Crippen molar-refractivity contribution in [3.05, 3.63) is 42.7 Å². The second-order valence-electron chi connectivity index (χ2n) is 4.09. The van der Waals surface area contributed by atoms with Crippen LogP contribution in [0.4, 0.5) is 0 Å². The fourth-order valence-corrected chi connectivity index (χ4v) is 2.08. The van der Waals surface area contributed by atoms with Gasteiger partial charge in [0.2, 0.25) is 5.30 Å². The lowest BCUT2D eigenvalue weighted by Crippen LogP contribution is -2.11. The van der Waals surface area contributed by atoms with Crippen molar-refractivity contribution in [2.75, 3.05) is 0 Å². The topological polar surface area (TPSA) is 80.7 Å². The molecule has 0 aliphatic rings. The monoisotopic (exact) mass is 311 g/mol. The third-order valence-corrected chi connectivity index (χ3v) is 3.22. The molecule has 0 saturated carbocycles. The molecule has 21 heavy (non-hydrogen) atoms. The van der Waals surface area contributed by atoms with Crippen LogP contribution >= 0.6 is 8.03 Å². The molecular formula is C15H20O5P+. The average Bonchev–Trinajstić information content (AvgIpc) is 2.45. The van der Waals surface area contributed by atoms with E-state index in [0.29, 0.717) is 12.0 Å². The van der Waals surface area contributed by atoms with Crippen LogP contribution in [0.25, 0.3) is 0 Å². The molecule has 1 N–H and O–H groups in total. The van der Waals surface area contributed by atoms with E-state index in [1.807, 2.05) is 6.92 Å². The van der Waals surface area contributed by atoms with Gasteiger partial charge < -0.3 is 4.74 Å². The van der Waals surface area contributed by atoms with Crippen molar-refractivity contribution in [2.45, 2.75) is 33.1 Å². The Morgan fingerprint density at radius 1 is 1.38 bits per heavy atom. The minimum absolute atomic E-state index is 0.0511. The molecule has 0 spiro atoms. The zero-order chi connectivity index (χ0) is 16.3. The molecule has 1 aromatic rings. The number of hydrogen-bond donors (Lipinski definition) is 1. The Morgan fingerprint density at radius 3 is 2.43 bits per heavy atom. The number of Topliss-reactive ketones (excluding diaryl/α,β-unsaturated/α-hetero) is 1. The zero-order valence-corrected chi connectivity index (χ0v) is 13.1. The quantitative estimate of drug-likeness (QED) is 0.378. The van der Waals surface area contributed by atoms with Gasteiger partial charge in [-0.2, -0.15) is 4.89 Å². The van der Waals surface area contributed by atoms with Crippen LogP contribution in [0.5, 0.6) is 0 Å². The van der Waals surface area contributed by atoms with Crippen LogP contribution in [0.2, 0.25) is 0 Å². The smallest absolute Gasteiger partial charge is 0.435 e. The van der Waals surface area contributed by atoms with Gasteiger partial charge in [0, 0.05) is 13.3 Å². The van der Waals surface area contributed by atoms with E-state index in [9.17, 15) is 14.2 Å². The fourth-order valence-electron chi connectivity index (χ4n) is 1.47. The van der Waals surface area contributed by atoms with E-state index in [-0.39, 0.29) is 17.1 Å². The van der Waals surface area contributed by atoms with Crippen molar-refractivity contribution in [2.24, 2.45) is 0 Å². The molecule has 1 atom stereocenters. The van der Waals surface area contributed by atoms with Gasteiger partial charge in [0.15, 0.2) is 5.78 Å². The normalized spacial score (nSPS) is 9.95. The molecule has 0 aromatic heterocycles. The molecule has 0 heterocycles. The number of unbranched alkanes of at least 4 members (excludes halogenated alkanes) is 1. The van der Waals surface area contributed by atoms with Gasteiger partial charge in [-0.25, -0.2) is 0 Å². The summed E-state index contributed by atoms with van der Waals surface area (Å²) < 4.78 is 15.2. The number of ether oxygens (including phenoxy) is 1. The van der Waals surface area contributed by atoms with E-state index in [4.69, 9.17) is 4.89 Å². The summed E-state index contributed by atoms with van der Waals surface area (Å²) in [5.41, 5.74) is 0.384. The van der Waals surface area contributed by atoms with Gasteiger partial charge in [-0.1, -0.05) is 32.1 Å². The highest BCUT2D eigenvalue weighted by Gasteiger charge is 2.24. The maximum atomic E-state index is 11.7.